The molecule has 2 aromatic rings. The highest BCUT2D eigenvalue weighted by molar-refractivity contribution is 6.02. The van der Waals surface area contributed by atoms with Crippen LogP contribution in [-0.2, 0) is 4.79 Å². The van der Waals surface area contributed by atoms with Crippen LogP contribution in [0.3, 0.4) is 0 Å². The van der Waals surface area contributed by atoms with Crippen LogP contribution in [0.2, 0.25) is 0 Å². The highest BCUT2D eigenvalue weighted by Crippen LogP contribution is 2.28. The quantitative estimate of drug-likeness (QED) is 0.592. The van der Waals surface area contributed by atoms with Crippen LogP contribution >= 0.6 is 0 Å². The molecule has 122 valence electrons. The second-order valence-electron chi connectivity index (χ2n) is 5.24. The maximum Gasteiger partial charge on any atom is 0.335 e. The van der Waals surface area contributed by atoms with Crippen LogP contribution in [0.15, 0.2) is 47.6 Å². The zero-order chi connectivity index (χ0) is 17.1. The smallest absolute Gasteiger partial charge is 0.335 e. The number of hydrogen-bond acceptors (Lipinski definition) is 5. The fourth-order valence-electron chi connectivity index (χ4n) is 2.21. The van der Waals surface area contributed by atoms with Crippen molar-refractivity contribution >= 4 is 29.0 Å². The highest BCUT2D eigenvalue weighted by atomic mass is 16.5. The molecule has 0 atom stereocenters. The molecule has 0 spiro atoms. The second kappa shape index (κ2) is 6.41. The van der Waals surface area contributed by atoms with Gasteiger partial charge in [-0.2, -0.15) is 5.10 Å². The third kappa shape index (κ3) is 3.35. The average Bonchev–Trinajstić information content (AvgIpc) is 2.59. The van der Waals surface area contributed by atoms with E-state index in [4.69, 9.17) is 9.84 Å². The molecule has 2 aromatic carbocycles. The van der Waals surface area contributed by atoms with Gasteiger partial charge in [0.15, 0.2) is 6.61 Å². The summed E-state index contributed by atoms with van der Waals surface area (Å²) in [5.74, 6) is -0.534. The van der Waals surface area contributed by atoms with Gasteiger partial charge in [-0.05, 0) is 55.0 Å². The van der Waals surface area contributed by atoms with Crippen LogP contribution in [-0.4, -0.2) is 29.3 Å². The van der Waals surface area contributed by atoms with Crippen LogP contribution in [0.1, 0.15) is 22.8 Å². The second-order valence-corrected chi connectivity index (χ2v) is 5.24. The molecule has 0 radical (unpaired) electrons. The number of hydrazone groups is 1. The first kappa shape index (κ1) is 15.5. The van der Waals surface area contributed by atoms with Crippen LogP contribution in [0.4, 0.5) is 11.4 Å². The summed E-state index contributed by atoms with van der Waals surface area (Å²) < 4.78 is 5.31. The molecule has 7 heteroatoms. The monoisotopic (exact) mass is 325 g/mol. The summed E-state index contributed by atoms with van der Waals surface area (Å²) in [6.45, 7) is 1.85. The normalized spacial score (nSPS) is 13.5. The summed E-state index contributed by atoms with van der Waals surface area (Å²) in [5.41, 5.74) is 5.91. The van der Waals surface area contributed by atoms with E-state index in [1.807, 2.05) is 13.0 Å². The number of nitrogens with one attached hydrogen (secondary N) is 2. The molecule has 0 aromatic heterocycles. The third-order valence-electron chi connectivity index (χ3n) is 3.51. The Kier molecular flexibility index (Phi) is 4.15. The maximum absolute atomic E-state index is 11.4. The molecule has 1 aliphatic rings. The fraction of sp³-hybridized carbons (Fsp3) is 0.118. The predicted molar refractivity (Wildman–Crippen MR) is 89.8 cm³/mol. The number of nitrogens with zero attached hydrogens (tertiary/aromatic N) is 1. The summed E-state index contributed by atoms with van der Waals surface area (Å²) >= 11 is 0. The maximum atomic E-state index is 11.4. The molecule has 0 unspecified atom stereocenters. The number of fused-ring (bicyclic) bond motifs is 1. The molecule has 7 nitrogen and oxygen atoms in total. The lowest BCUT2D eigenvalue weighted by atomic mass is 10.1. The molecule has 0 saturated carbocycles. The van der Waals surface area contributed by atoms with E-state index in [1.54, 1.807) is 24.3 Å². The van der Waals surface area contributed by atoms with Crippen molar-refractivity contribution in [3.05, 3.63) is 53.6 Å². The molecule has 0 saturated heterocycles. The fourth-order valence-corrected chi connectivity index (χ4v) is 2.21. The SMILES string of the molecule is C/C(=N\Nc1ccc(C(=O)O)cc1)c1ccc2c(c1)NC(=O)CO2. The molecule has 3 rings (SSSR count). The van der Waals surface area contributed by atoms with Crippen LogP contribution in [0.5, 0.6) is 5.75 Å². The minimum atomic E-state index is -0.973. The van der Waals surface area contributed by atoms with Crippen LogP contribution in [0.25, 0.3) is 0 Å². The molecular weight excluding hydrogens is 310 g/mol. The van der Waals surface area contributed by atoms with E-state index >= 15 is 0 Å². The molecule has 24 heavy (non-hydrogen) atoms. The van der Waals surface area contributed by atoms with Crippen molar-refractivity contribution in [3.63, 3.8) is 0 Å². The number of benzene rings is 2. The van der Waals surface area contributed by atoms with Crippen molar-refractivity contribution in [2.24, 2.45) is 5.10 Å². The first-order valence-electron chi connectivity index (χ1n) is 7.23. The highest BCUT2D eigenvalue weighted by Gasteiger charge is 2.16. The molecule has 0 fully saturated rings. The van der Waals surface area contributed by atoms with E-state index in [-0.39, 0.29) is 18.1 Å². The van der Waals surface area contributed by atoms with E-state index in [0.29, 0.717) is 22.8 Å². The van der Waals surface area contributed by atoms with Crippen LogP contribution < -0.4 is 15.5 Å². The van der Waals surface area contributed by atoms with Crippen molar-refractivity contribution in [3.8, 4) is 5.75 Å². The Labute approximate surface area is 138 Å². The van der Waals surface area contributed by atoms with E-state index in [2.05, 4.69) is 15.8 Å². The number of aromatic carboxylic acids is 1. The van der Waals surface area contributed by atoms with E-state index in [9.17, 15) is 9.59 Å². The molecule has 1 aliphatic heterocycles. The van der Waals surface area contributed by atoms with Gasteiger partial charge in [0.2, 0.25) is 0 Å². The van der Waals surface area contributed by atoms with Gasteiger partial charge < -0.3 is 15.2 Å². The Morgan fingerprint density at radius 1 is 1.21 bits per heavy atom. The number of anilines is 2. The molecule has 1 amide bonds. The lowest BCUT2D eigenvalue weighted by Gasteiger charge is -2.18. The molecule has 1 heterocycles. The molecule has 0 aliphatic carbocycles. The first-order chi connectivity index (χ1) is 11.5. The van der Waals surface area contributed by atoms with Gasteiger partial charge in [-0.1, -0.05) is 0 Å². The summed E-state index contributed by atoms with van der Waals surface area (Å²) in [6.07, 6.45) is 0. The minimum Gasteiger partial charge on any atom is -0.482 e. The number of hydrogen-bond donors (Lipinski definition) is 3. The zero-order valence-electron chi connectivity index (χ0n) is 12.9. The standard InChI is InChI=1S/C17H15N3O4/c1-10(19-20-13-5-2-11(3-6-13)17(22)23)12-4-7-15-14(8-12)18-16(21)9-24-15/h2-8,20H,9H2,1H3,(H,18,21)(H,22,23)/b19-10+. The summed E-state index contributed by atoms with van der Waals surface area (Å²) in [4.78, 5) is 22.2. The Morgan fingerprint density at radius 3 is 2.62 bits per heavy atom. The van der Waals surface area contributed by atoms with Crippen molar-refractivity contribution in [1.29, 1.82) is 0 Å². The Hall–Kier alpha value is -3.35. The van der Waals surface area contributed by atoms with E-state index < -0.39 is 5.97 Å². The van der Waals surface area contributed by atoms with Gasteiger partial charge in [0, 0.05) is 0 Å². The number of carboxylic acids is 1. The zero-order valence-corrected chi connectivity index (χ0v) is 12.9. The first-order valence-corrected chi connectivity index (χ1v) is 7.23. The topological polar surface area (TPSA) is 100 Å². The number of carbonyl (C=O) groups excluding carboxylic acids is 1. The summed E-state index contributed by atoms with van der Waals surface area (Å²) in [7, 11) is 0. The van der Waals surface area contributed by atoms with Crippen molar-refractivity contribution < 1.29 is 19.4 Å². The van der Waals surface area contributed by atoms with Gasteiger partial charge in [0.05, 0.1) is 22.6 Å². The van der Waals surface area contributed by atoms with Gasteiger partial charge in [0.25, 0.3) is 5.91 Å². The number of carboxylic acid groups (broad SMARTS) is 1. The number of carbonyl (C=O) groups is 2. The van der Waals surface area contributed by atoms with Crippen molar-refractivity contribution in [2.45, 2.75) is 6.92 Å². The predicted octanol–water partition coefficient (Wildman–Crippen LogP) is 2.55. The lowest BCUT2D eigenvalue weighted by molar-refractivity contribution is -0.118. The minimum absolute atomic E-state index is 0.0211. The number of rotatable bonds is 4. The largest absolute Gasteiger partial charge is 0.482 e. The Morgan fingerprint density at radius 2 is 1.92 bits per heavy atom. The van der Waals surface area contributed by atoms with Gasteiger partial charge in [-0.15, -0.1) is 0 Å². The summed E-state index contributed by atoms with van der Waals surface area (Å²) in [6, 6.07) is 11.7. The molecular formula is C17H15N3O4. The number of amides is 1. The Bertz CT molecular complexity index is 828. The third-order valence-corrected chi connectivity index (χ3v) is 3.51. The average molecular weight is 325 g/mol. The molecule has 0 bridgehead atoms. The van der Waals surface area contributed by atoms with Gasteiger partial charge in [-0.25, -0.2) is 4.79 Å². The Balaban J connectivity index is 1.75. The van der Waals surface area contributed by atoms with Crippen molar-refractivity contribution in [1.82, 2.24) is 0 Å². The molecule has 3 N–H and O–H groups in total. The van der Waals surface area contributed by atoms with Crippen molar-refractivity contribution in [2.75, 3.05) is 17.3 Å². The number of ether oxygens (including phenoxy) is 1. The van der Waals surface area contributed by atoms with Gasteiger partial charge >= 0.3 is 5.97 Å². The van der Waals surface area contributed by atoms with Gasteiger partial charge in [0.1, 0.15) is 5.75 Å². The van der Waals surface area contributed by atoms with E-state index in [0.717, 1.165) is 5.56 Å². The lowest BCUT2D eigenvalue weighted by Crippen LogP contribution is -2.25. The van der Waals surface area contributed by atoms with Gasteiger partial charge in [-0.3, -0.25) is 10.2 Å². The summed E-state index contributed by atoms with van der Waals surface area (Å²) in [5, 5.41) is 15.9. The van der Waals surface area contributed by atoms with Crippen LogP contribution in [0, 0.1) is 0 Å². The van der Waals surface area contributed by atoms with E-state index in [1.165, 1.54) is 12.1 Å².